The van der Waals surface area contributed by atoms with E-state index in [1.165, 1.54) is 21.7 Å². The van der Waals surface area contributed by atoms with Crippen molar-refractivity contribution in [3.63, 3.8) is 0 Å². The van der Waals surface area contributed by atoms with E-state index in [-0.39, 0.29) is 5.78 Å². The minimum absolute atomic E-state index is 0.214. The molecule has 3 heteroatoms. The molecule has 0 atom stereocenters. The number of ketones is 1. The molecule has 0 N–H and O–H groups in total. The van der Waals surface area contributed by atoms with Crippen LogP contribution in [0, 0.1) is 6.92 Å². The van der Waals surface area contributed by atoms with E-state index >= 15 is 0 Å². The van der Waals surface area contributed by atoms with Gasteiger partial charge < -0.3 is 0 Å². The normalized spacial score (nSPS) is 14.2. The predicted molar refractivity (Wildman–Crippen MR) is 102 cm³/mol. The summed E-state index contributed by atoms with van der Waals surface area (Å²) in [5.41, 5.74) is 4.83. The minimum Gasteiger partial charge on any atom is -0.287 e. The molecule has 2 nitrogen and oxygen atoms in total. The number of aryl methyl sites for hydroxylation is 1. The van der Waals surface area contributed by atoms with E-state index in [9.17, 15) is 4.79 Å². The van der Waals surface area contributed by atoms with Crippen molar-refractivity contribution in [1.29, 1.82) is 0 Å². The molecule has 0 saturated carbocycles. The zero-order chi connectivity index (χ0) is 16.9. The maximum atomic E-state index is 12.6. The molecule has 0 bridgehead atoms. The van der Waals surface area contributed by atoms with Gasteiger partial charge in [0.15, 0.2) is 5.71 Å². The average Bonchev–Trinajstić information content (AvgIpc) is 3.03. The van der Waals surface area contributed by atoms with Crippen molar-refractivity contribution >= 4 is 23.3 Å². The van der Waals surface area contributed by atoms with Crippen LogP contribution in [-0.2, 0) is 6.42 Å². The minimum atomic E-state index is 0.214. The number of hydrogen-bond acceptors (Lipinski definition) is 2. The molecule has 2 aromatic carbocycles. The third kappa shape index (κ3) is 4.15. The van der Waals surface area contributed by atoms with Gasteiger partial charge in [0.1, 0.15) is 6.54 Å². The standard InChI is InChI=1S/C21H24NOS/c1-16-5-7-17(8-6-16)14-19-4-3-13-22(19)15-21(23)18-9-11-20(24-2)12-10-18/h5-12H,3-4,13-15H2,1-2H3/q+1. The molecule has 0 aromatic heterocycles. The lowest BCUT2D eigenvalue weighted by Gasteiger charge is -2.05. The Morgan fingerprint density at radius 1 is 1.08 bits per heavy atom. The van der Waals surface area contributed by atoms with Gasteiger partial charge >= 0.3 is 0 Å². The molecule has 0 amide bonds. The second-order valence-electron chi connectivity index (χ2n) is 6.41. The van der Waals surface area contributed by atoms with E-state index in [0.717, 1.165) is 31.4 Å². The Kier molecular flexibility index (Phi) is 5.52. The first kappa shape index (κ1) is 17.0. The highest BCUT2D eigenvalue weighted by Crippen LogP contribution is 2.16. The molecular formula is C21H24NOS+. The maximum Gasteiger partial charge on any atom is 0.227 e. The Balaban J connectivity index is 1.71. The van der Waals surface area contributed by atoms with E-state index in [0.29, 0.717) is 6.54 Å². The van der Waals surface area contributed by atoms with E-state index < -0.39 is 0 Å². The summed E-state index contributed by atoms with van der Waals surface area (Å²) in [5.74, 6) is 0.214. The topological polar surface area (TPSA) is 20.1 Å². The third-order valence-electron chi connectivity index (χ3n) is 4.62. The number of rotatable bonds is 6. The molecule has 1 aliphatic rings. The molecule has 0 saturated heterocycles. The SMILES string of the molecule is CSc1ccc(C(=O)C[N+]2=C(Cc3ccc(C)cc3)CCC2)cc1. The van der Waals surface area contributed by atoms with Gasteiger partial charge in [-0.15, -0.1) is 11.8 Å². The largest absolute Gasteiger partial charge is 0.287 e. The highest BCUT2D eigenvalue weighted by atomic mass is 32.2. The Labute approximate surface area is 148 Å². The molecule has 2 aromatic rings. The van der Waals surface area contributed by atoms with Gasteiger partial charge in [-0.2, -0.15) is 0 Å². The van der Waals surface area contributed by atoms with Crippen LogP contribution >= 0.6 is 11.8 Å². The van der Waals surface area contributed by atoms with Gasteiger partial charge in [0.2, 0.25) is 12.3 Å². The summed E-state index contributed by atoms with van der Waals surface area (Å²) in [4.78, 5) is 13.8. The molecule has 0 radical (unpaired) electrons. The Morgan fingerprint density at radius 2 is 1.79 bits per heavy atom. The van der Waals surface area contributed by atoms with E-state index in [4.69, 9.17) is 0 Å². The monoisotopic (exact) mass is 338 g/mol. The number of carbonyl (C=O) groups excluding carboxylic acids is 1. The fourth-order valence-corrected chi connectivity index (χ4v) is 3.57. The van der Waals surface area contributed by atoms with Crippen molar-refractivity contribution in [3.05, 3.63) is 65.2 Å². The van der Waals surface area contributed by atoms with Crippen molar-refractivity contribution in [2.45, 2.75) is 31.1 Å². The Bertz CT molecular complexity index is 744. The Morgan fingerprint density at radius 3 is 2.46 bits per heavy atom. The van der Waals surface area contributed by atoms with Gasteiger partial charge in [-0.3, -0.25) is 4.79 Å². The van der Waals surface area contributed by atoms with E-state index in [2.05, 4.69) is 35.8 Å². The van der Waals surface area contributed by atoms with Gasteiger partial charge in [-0.1, -0.05) is 42.0 Å². The number of nitrogens with zero attached hydrogens (tertiary/aromatic N) is 1. The summed E-state index contributed by atoms with van der Waals surface area (Å²) in [6.07, 6.45) is 5.26. The van der Waals surface area contributed by atoms with Gasteiger partial charge in [0, 0.05) is 23.3 Å². The highest BCUT2D eigenvalue weighted by Gasteiger charge is 2.25. The third-order valence-corrected chi connectivity index (χ3v) is 5.36. The van der Waals surface area contributed by atoms with Crippen molar-refractivity contribution in [3.8, 4) is 0 Å². The lowest BCUT2D eigenvalue weighted by Crippen LogP contribution is -2.24. The van der Waals surface area contributed by atoms with Crippen LogP contribution in [0.2, 0.25) is 0 Å². The van der Waals surface area contributed by atoms with Gasteiger partial charge in [0.05, 0.1) is 6.42 Å². The van der Waals surface area contributed by atoms with Crippen LogP contribution in [-0.4, -0.2) is 35.4 Å². The first-order valence-corrected chi connectivity index (χ1v) is 9.70. The quantitative estimate of drug-likeness (QED) is 0.442. The molecule has 0 spiro atoms. The van der Waals surface area contributed by atoms with Crippen LogP contribution < -0.4 is 0 Å². The summed E-state index contributed by atoms with van der Waals surface area (Å²) in [6.45, 7) is 3.61. The molecule has 24 heavy (non-hydrogen) atoms. The molecule has 0 unspecified atom stereocenters. The molecule has 0 fully saturated rings. The van der Waals surface area contributed by atoms with Crippen LogP contribution in [0.5, 0.6) is 0 Å². The summed E-state index contributed by atoms with van der Waals surface area (Å²) in [5, 5.41) is 0. The van der Waals surface area contributed by atoms with Gasteiger partial charge in [-0.25, -0.2) is 4.58 Å². The number of benzene rings is 2. The fourth-order valence-electron chi connectivity index (χ4n) is 3.16. The smallest absolute Gasteiger partial charge is 0.227 e. The number of thioether (sulfide) groups is 1. The van der Waals surface area contributed by atoms with Crippen LogP contribution in [0.4, 0.5) is 0 Å². The zero-order valence-electron chi connectivity index (χ0n) is 14.4. The number of hydrogen-bond donors (Lipinski definition) is 0. The zero-order valence-corrected chi connectivity index (χ0v) is 15.2. The molecule has 1 aliphatic heterocycles. The Hall–Kier alpha value is -1.87. The second-order valence-corrected chi connectivity index (χ2v) is 7.29. The first-order chi connectivity index (χ1) is 11.7. The van der Waals surface area contributed by atoms with Crippen LogP contribution in [0.1, 0.15) is 34.3 Å². The molecular weight excluding hydrogens is 314 g/mol. The molecule has 3 rings (SSSR count). The van der Waals surface area contributed by atoms with Gasteiger partial charge in [0.25, 0.3) is 0 Å². The lowest BCUT2D eigenvalue weighted by molar-refractivity contribution is -0.507. The summed E-state index contributed by atoms with van der Waals surface area (Å²) >= 11 is 1.70. The van der Waals surface area contributed by atoms with Crippen LogP contribution in [0.3, 0.4) is 0 Å². The molecule has 124 valence electrons. The summed E-state index contributed by atoms with van der Waals surface area (Å²) in [6, 6.07) is 16.7. The van der Waals surface area contributed by atoms with Gasteiger partial charge in [-0.05, 0) is 30.9 Å². The molecule has 0 aliphatic carbocycles. The van der Waals surface area contributed by atoms with Crippen molar-refractivity contribution in [2.75, 3.05) is 19.3 Å². The lowest BCUT2D eigenvalue weighted by atomic mass is 10.0. The average molecular weight is 338 g/mol. The number of carbonyl (C=O) groups is 1. The fraction of sp³-hybridized carbons (Fsp3) is 0.333. The van der Waals surface area contributed by atoms with Crippen molar-refractivity contribution in [1.82, 2.24) is 0 Å². The summed E-state index contributed by atoms with van der Waals surface area (Å²) in [7, 11) is 0. The van der Waals surface area contributed by atoms with E-state index in [1.807, 2.05) is 30.5 Å². The molecule has 1 heterocycles. The predicted octanol–water partition coefficient (Wildman–Crippen LogP) is 4.39. The van der Waals surface area contributed by atoms with Crippen LogP contribution in [0.25, 0.3) is 0 Å². The highest BCUT2D eigenvalue weighted by molar-refractivity contribution is 7.98. The number of Topliss-reactive ketones (excluding diaryl/α,β-unsaturated/α-hetero) is 1. The van der Waals surface area contributed by atoms with Crippen LogP contribution in [0.15, 0.2) is 53.4 Å². The van der Waals surface area contributed by atoms with E-state index in [1.54, 1.807) is 11.8 Å². The summed E-state index contributed by atoms with van der Waals surface area (Å²) < 4.78 is 2.28. The maximum absolute atomic E-state index is 12.6. The van der Waals surface area contributed by atoms with Crippen molar-refractivity contribution in [2.24, 2.45) is 0 Å². The first-order valence-electron chi connectivity index (χ1n) is 8.48. The van der Waals surface area contributed by atoms with Crippen molar-refractivity contribution < 1.29 is 9.37 Å². The second kappa shape index (κ2) is 7.80.